The molecule has 9 heteroatoms. The smallest absolute Gasteiger partial charge is 0.283 e. The summed E-state index contributed by atoms with van der Waals surface area (Å²) in [6, 6.07) is 18.7. The fourth-order valence-corrected chi connectivity index (χ4v) is 4.28. The minimum Gasteiger partial charge on any atom is -0.350 e. The van der Waals surface area contributed by atoms with Crippen LogP contribution >= 0.6 is 34.8 Å². The third kappa shape index (κ3) is 4.91. The summed E-state index contributed by atoms with van der Waals surface area (Å²) in [5, 5.41) is 5.76. The monoisotopic (exact) mass is 527 g/mol. The van der Waals surface area contributed by atoms with Crippen LogP contribution in [0.1, 0.15) is 35.7 Å². The molecular formula is C26H20Cl3N3O3. The van der Waals surface area contributed by atoms with Gasteiger partial charge in [0, 0.05) is 16.9 Å². The Morgan fingerprint density at radius 1 is 0.886 bits per heavy atom. The number of nitrogens with zero attached hydrogens (tertiary/aromatic N) is 1. The summed E-state index contributed by atoms with van der Waals surface area (Å²) in [4.78, 5) is 39.6. The number of carbonyl (C=O) groups excluding carboxylic acids is 3. The van der Waals surface area contributed by atoms with Gasteiger partial charge in [-0.05, 0) is 47.9 Å². The molecule has 0 fully saturated rings. The van der Waals surface area contributed by atoms with Crippen molar-refractivity contribution in [1.82, 2.24) is 0 Å². The number of halogens is 3. The molecule has 1 aliphatic rings. The fraction of sp³-hybridized carbons (Fsp3) is 0.115. The number of benzene rings is 3. The maximum atomic E-state index is 13.1. The van der Waals surface area contributed by atoms with Gasteiger partial charge in [0.2, 0.25) is 0 Å². The van der Waals surface area contributed by atoms with Crippen LogP contribution in [0.5, 0.6) is 0 Å². The molecule has 0 spiro atoms. The lowest BCUT2D eigenvalue weighted by Crippen LogP contribution is -2.32. The summed E-state index contributed by atoms with van der Waals surface area (Å²) < 4.78 is 0. The van der Waals surface area contributed by atoms with Crippen LogP contribution in [0.15, 0.2) is 77.5 Å². The van der Waals surface area contributed by atoms with Gasteiger partial charge in [0.25, 0.3) is 17.7 Å². The third-order valence-corrected chi connectivity index (χ3v) is 6.58. The lowest BCUT2D eigenvalue weighted by Gasteiger charge is -2.17. The highest BCUT2D eigenvalue weighted by Gasteiger charge is 2.40. The van der Waals surface area contributed by atoms with E-state index in [1.54, 1.807) is 36.4 Å². The summed E-state index contributed by atoms with van der Waals surface area (Å²) in [5.41, 5.74) is 2.50. The third-order valence-electron chi connectivity index (χ3n) is 5.42. The Morgan fingerprint density at radius 2 is 1.60 bits per heavy atom. The number of hydrogen-bond acceptors (Lipinski definition) is 4. The van der Waals surface area contributed by atoms with Gasteiger partial charge in [0.15, 0.2) is 0 Å². The number of para-hydroxylation sites is 1. The van der Waals surface area contributed by atoms with Gasteiger partial charge in [-0.1, -0.05) is 79.0 Å². The van der Waals surface area contributed by atoms with E-state index in [4.69, 9.17) is 34.8 Å². The molecule has 6 nitrogen and oxygen atoms in total. The quantitative estimate of drug-likeness (QED) is 0.345. The fourth-order valence-electron chi connectivity index (χ4n) is 3.69. The molecule has 0 saturated heterocycles. The Hall–Kier alpha value is -3.32. The first kappa shape index (κ1) is 24.8. The van der Waals surface area contributed by atoms with Crippen molar-refractivity contribution in [2.75, 3.05) is 15.5 Å². The lowest BCUT2D eigenvalue weighted by molar-refractivity contribution is -0.120. The van der Waals surface area contributed by atoms with E-state index in [1.807, 2.05) is 38.1 Å². The van der Waals surface area contributed by atoms with Crippen LogP contribution in [0, 0.1) is 0 Å². The van der Waals surface area contributed by atoms with Gasteiger partial charge in [-0.2, -0.15) is 0 Å². The minimum atomic E-state index is -0.734. The molecule has 3 amide bonds. The minimum absolute atomic E-state index is 0.0573. The predicted molar refractivity (Wildman–Crippen MR) is 140 cm³/mol. The first-order chi connectivity index (χ1) is 16.7. The van der Waals surface area contributed by atoms with Gasteiger partial charge in [-0.25, -0.2) is 4.90 Å². The predicted octanol–water partition coefficient (Wildman–Crippen LogP) is 6.80. The highest BCUT2D eigenvalue weighted by atomic mass is 35.5. The summed E-state index contributed by atoms with van der Waals surface area (Å²) in [6.45, 7) is 4.10. The van der Waals surface area contributed by atoms with E-state index in [9.17, 15) is 14.4 Å². The highest BCUT2D eigenvalue weighted by molar-refractivity contribution is 6.54. The molecule has 0 saturated carbocycles. The van der Waals surface area contributed by atoms with Crippen molar-refractivity contribution in [3.63, 3.8) is 0 Å². The van der Waals surface area contributed by atoms with Crippen molar-refractivity contribution in [1.29, 1.82) is 0 Å². The van der Waals surface area contributed by atoms with Crippen molar-refractivity contribution in [2.45, 2.75) is 19.8 Å². The van der Waals surface area contributed by atoms with E-state index in [-0.39, 0.29) is 38.3 Å². The van der Waals surface area contributed by atoms with Crippen molar-refractivity contribution >= 4 is 69.6 Å². The number of rotatable bonds is 6. The van der Waals surface area contributed by atoms with Gasteiger partial charge >= 0.3 is 0 Å². The zero-order valence-corrected chi connectivity index (χ0v) is 21.0. The highest BCUT2D eigenvalue weighted by Crippen LogP contribution is 2.37. The zero-order valence-electron chi connectivity index (χ0n) is 18.7. The van der Waals surface area contributed by atoms with E-state index in [1.165, 1.54) is 6.07 Å². The van der Waals surface area contributed by atoms with Crippen LogP contribution in [0.25, 0.3) is 0 Å². The number of amides is 3. The molecule has 0 radical (unpaired) electrons. The van der Waals surface area contributed by atoms with Crippen molar-refractivity contribution in [2.24, 2.45) is 0 Å². The molecule has 4 rings (SSSR count). The van der Waals surface area contributed by atoms with Crippen LogP contribution < -0.4 is 15.5 Å². The van der Waals surface area contributed by atoms with Crippen LogP contribution in [-0.4, -0.2) is 17.7 Å². The Morgan fingerprint density at radius 3 is 2.34 bits per heavy atom. The Kier molecular flexibility index (Phi) is 7.17. The standard InChI is InChI=1S/C26H20Cl3N3O3/c1-14(2)17-9-3-4-11-19(17)31-24(33)15-7-5-8-16(13-15)30-23-22(29)25(34)32(26(23)35)20-12-6-10-18(27)21(20)28/h3-14,30H,1-2H3,(H,31,33). The van der Waals surface area contributed by atoms with E-state index in [2.05, 4.69) is 10.6 Å². The van der Waals surface area contributed by atoms with E-state index in [0.29, 0.717) is 11.3 Å². The zero-order chi connectivity index (χ0) is 25.3. The molecule has 1 aliphatic heterocycles. The largest absolute Gasteiger partial charge is 0.350 e. The number of nitrogens with one attached hydrogen (secondary N) is 2. The summed E-state index contributed by atoms with van der Waals surface area (Å²) in [5.74, 6) is -1.51. The summed E-state index contributed by atoms with van der Waals surface area (Å²) in [6.07, 6.45) is 0. The second-order valence-corrected chi connectivity index (χ2v) is 9.27. The second-order valence-electron chi connectivity index (χ2n) is 8.11. The second kappa shape index (κ2) is 10.1. The SMILES string of the molecule is CC(C)c1ccccc1NC(=O)c1cccc(NC2=C(Cl)C(=O)N(c3cccc(Cl)c3Cl)C2=O)c1. The van der Waals surface area contributed by atoms with Gasteiger partial charge in [-0.3, -0.25) is 14.4 Å². The Labute approximate surface area is 217 Å². The molecule has 0 aromatic heterocycles. The van der Waals surface area contributed by atoms with Crippen molar-refractivity contribution in [3.05, 3.63) is 98.6 Å². The number of carbonyl (C=O) groups is 3. The average molecular weight is 529 g/mol. The van der Waals surface area contributed by atoms with Gasteiger partial charge in [-0.15, -0.1) is 0 Å². The van der Waals surface area contributed by atoms with E-state index in [0.717, 1.165) is 16.2 Å². The van der Waals surface area contributed by atoms with Gasteiger partial charge in [0.05, 0.1) is 15.7 Å². The maximum absolute atomic E-state index is 13.1. The molecule has 0 aliphatic carbocycles. The molecule has 35 heavy (non-hydrogen) atoms. The number of anilines is 3. The summed E-state index contributed by atoms with van der Waals surface area (Å²) in [7, 11) is 0. The topological polar surface area (TPSA) is 78.5 Å². The first-order valence-electron chi connectivity index (χ1n) is 10.7. The maximum Gasteiger partial charge on any atom is 0.283 e. The molecule has 1 heterocycles. The number of hydrogen-bond donors (Lipinski definition) is 2. The molecule has 0 atom stereocenters. The van der Waals surface area contributed by atoms with Crippen LogP contribution in [0.3, 0.4) is 0 Å². The molecule has 3 aromatic rings. The van der Waals surface area contributed by atoms with Crippen LogP contribution in [-0.2, 0) is 9.59 Å². The molecular weight excluding hydrogens is 509 g/mol. The van der Waals surface area contributed by atoms with Crippen molar-refractivity contribution < 1.29 is 14.4 Å². The molecule has 3 aromatic carbocycles. The molecule has 0 bridgehead atoms. The Bertz CT molecular complexity index is 1390. The molecule has 0 unspecified atom stereocenters. The van der Waals surface area contributed by atoms with Crippen molar-refractivity contribution in [3.8, 4) is 0 Å². The van der Waals surface area contributed by atoms with E-state index >= 15 is 0 Å². The normalized spacial score (nSPS) is 13.6. The van der Waals surface area contributed by atoms with Crippen LogP contribution in [0.4, 0.5) is 17.1 Å². The molecule has 2 N–H and O–H groups in total. The van der Waals surface area contributed by atoms with Gasteiger partial charge < -0.3 is 10.6 Å². The average Bonchev–Trinajstić information content (AvgIpc) is 3.04. The number of imide groups is 1. The summed E-state index contributed by atoms with van der Waals surface area (Å²) >= 11 is 18.5. The molecule has 178 valence electrons. The van der Waals surface area contributed by atoms with E-state index < -0.39 is 11.8 Å². The lowest BCUT2D eigenvalue weighted by atomic mass is 10.0. The van der Waals surface area contributed by atoms with Crippen LogP contribution in [0.2, 0.25) is 10.0 Å². The first-order valence-corrected chi connectivity index (χ1v) is 11.8. The Balaban J connectivity index is 1.57. The van der Waals surface area contributed by atoms with Gasteiger partial charge in [0.1, 0.15) is 10.7 Å².